The summed E-state index contributed by atoms with van der Waals surface area (Å²) in [6.07, 6.45) is 2.87. The van der Waals surface area contributed by atoms with Gasteiger partial charge in [-0.15, -0.1) is 0 Å². The third kappa shape index (κ3) is 2.08. The van der Waals surface area contributed by atoms with Crippen LogP contribution in [0.15, 0.2) is 0 Å². The molecule has 1 aliphatic carbocycles. The Morgan fingerprint density at radius 2 is 1.07 bits per heavy atom. The smallest absolute Gasteiger partial charge is 0.0509 e. The van der Waals surface area contributed by atoms with Crippen LogP contribution in [0.2, 0.25) is 0 Å². The summed E-state index contributed by atoms with van der Waals surface area (Å²) in [5.74, 6) is 0. The quantitative estimate of drug-likeness (QED) is 0.498. The number of hydrogen-bond donors (Lipinski definition) is 4. The first-order chi connectivity index (χ1) is 6.66. The molecule has 1 saturated carbocycles. The molecule has 4 N–H and O–H groups in total. The molecule has 0 aromatic rings. The fraction of sp³-hybridized carbons (Fsp3) is 1.00. The van der Waals surface area contributed by atoms with Gasteiger partial charge >= 0.3 is 0 Å². The predicted molar refractivity (Wildman–Crippen MR) is 51.7 cm³/mol. The maximum atomic E-state index is 9.24. The summed E-state index contributed by atoms with van der Waals surface area (Å²) >= 11 is 0. The highest BCUT2D eigenvalue weighted by Gasteiger charge is 2.43. The van der Waals surface area contributed by atoms with Gasteiger partial charge in [-0.05, 0) is 19.3 Å². The van der Waals surface area contributed by atoms with Gasteiger partial charge in [0.15, 0.2) is 0 Å². The Bertz CT molecular complexity index is 155. The first-order valence-corrected chi connectivity index (χ1v) is 5.09. The van der Waals surface area contributed by atoms with E-state index in [0.29, 0.717) is 6.42 Å². The van der Waals surface area contributed by atoms with Crippen molar-refractivity contribution in [3.8, 4) is 0 Å². The van der Waals surface area contributed by atoms with Crippen molar-refractivity contribution in [1.82, 2.24) is 0 Å². The second-order valence-corrected chi connectivity index (χ2v) is 4.66. The van der Waals surface area contributed by atoms with Crippen LogP contribution in [-0.4, -0.2) is 46.9 Å². The highest BCUT2D eigenvalue weighted by Crippen LogP contribution is 2.45. The third-order valence-electron chi connectivity index (χ3n) is 3.51. The first kappa shape index (κ1) is 11.9. The van der Waals surface area contributed by atoms with Crippen LogP contribution in [0.25, 0.3) is 0 Å². The molecule has 0 amide bonds. The van der Waals surface area contributed by atoms with Crippen LogP contribution >= 0.6 is 0 Å². The van der Waals surface area contributed by atoms with Gasteiger partial charge in [-0.1, -0.05) is 6.42 Å². The number of aliphatic hydroxyl groups is 4. The van der Waals surface area contributed by atoms with E-state index < -0.39 is 10.8 Å². The molecule has 0 saturated heterocycles. The Hall–Kier alpha value is -0.160. The van der Waals surface area contributed by atoms with Crippen molar-refractivity contribution in [2.24, 2.45) is 10.8 Å². The van der Waals surface area contributed by atoms with E-state index in [2.05, 4.69) is 0 Å². The molecule has 0 unspecified atom stereocenters. The van der Waals surface area contributed by atoms with Gasteiger partial charge in [0.25, 0.3) is 0 Å². The lowest BCUT2D eigenvalue weighted by Crippen LogP contribution is -2.44. The lowest BCUT2D eigenvalue weighted by Gasteiger charge is -2.44. The van der Waals surface area contributed by atoms with E-state index in [1.807, 2.05) is 0 Å². The zero-order chi connectivity index (χ0) is 10.7. The van der Waals surface area contributed by atoms with Gasteiger partial charge in [0, 0.05) is 10.8 Å². The Labute approximate surface area is 84.2 Å². The zero-order valence-electron chi connectivity index (χ0n) is 8.45. The van der Waals surface area contributed by atoms with Gasteiger partial charge in [-0.3, -0.25) is 0 Å². The van der Waals surface area contributed by atoms with Crippen LogP contribution < -0.4 is 0 Å². The topological polar surface area (TPSA) is 80.9 Å². The van der Waals surface area contributed by atoms with E-state index in [9.17, 15) is 20.4 Å². The molecular formula is C10H20O4. The minimum atomic E-state index is -0.510. The maximum absolute atomic E-state index is 9.24. The molecule has 14 heavy (non-hydrogen) atoms. The fourth-order valence-electron chi connectivity index (χ4n) is 2.45. The molecule has 0 bridgehead atoms. The van der Waals surface area contributed by atoms with Crippen molar-refractivity contribution in [2.75, 3.05) is 26.4 Å². The average molecular weight is 204 g/mol. The van der Waals surface area contributed by atoms with E-state index in [4.69, 9.17) is 0 Å². The highest BCUT2D eigenvalue weighted by molar-refractivity contribution is 4.93. The number of rotatable bonds is 4. The largest absolute Gasteiger partial charge is 0.396 e. The van der Waals surface area contributed by atoms with Crippen LogP contribution in [0.4, 0.5) is 0 Å². The SMILES string of the molecule is OCC1(CO)CCCC(CO)(CO)C1. The lowest BCUT2D eigenvalue weighted by molar-refractivity contribution is -0.0702. The summed E-state index contributed by atoms with van der Waals surface area (Å²) < 4.78 is 0. The van der Waals surface area contributed by atoms with E-state index in [-0.39, 0.29) is 26.4 Å². The van der Waals surface area contributed by atoms with E-state index in [1.54, 1.807) is 0 Å². The van der Waals surface area contributed by atoms with Gasteiger partial charge in [-0.25, -0.2) is 0 Å². The molecule has 0 aromatic carbocycles. The van der Waals surface area contributed by atoms with Crippen LogP contribution in [0.3, 0.4) is 0 Å². The van der Waals surface area contributed by atoms with Crippen LogP contribution in [0, 0.1) is 10.8 Å². The highest BCUT2D eigenvalue weighted by atomic mass is 16.3. The van der Waals surface area contributed by atoms with Gasteiger partial charge < -0.3 is 20.4 Å². The first-order valence-electron chi connectivity index (χ1n) is 5.09. The molecular weight excluding hydrogens is 184 g/mol. The molecule has 1 rings (SSSR count). The summed E-state index contributed by atoms with van der Waals surface area (Å²) in [7, 11) is 0. The Kier molecular flexibility index (Phi) is 3.89. The molecule has 0 aliphatic heterocycles. The summed E-state index contributed by atoms with van der Waals surface area (Å²) in [4.78, 5) is 0. The third-order valence-corrected chi connectivity index (χ3v) is 3.51. The van der Waals surface area contributed by atoms with Crippen molar-refractivity contribution in [3.05, 3.63) is 0 Å². The van der Waals surface area contributed by atoms with Crippen molar-refractivity contribution < 1.29 is 20.4 Å². The van der Waals surface area contributed by atoms with Gasteiger partial charge in [-0.2, -0.15) is 0 Å². The summed E-state index contributed by atoms with van der Waals surface area (Å²) in [5.41, 5.74) is -1.02. The summed E-state index contributed by atoms with van der Waals surface area (Å²) in [6, 6.07) is 0. The molecule has 0 heterocycles. The monoisotopic (exact) mass is 204 g/mol. The summed E-state index contributed by atoms with van der Waals surface area (Å²) in [6.45, 7) is -0.312. The van der Waals surface area contributed by atoms with Gasteiger partial charge in [0.1, 0.15) is 0 Å². The lowest BCUT2D eigenvalue weighted by atomic mass is 9.63. The molecule has 0 aromatic heterocycles. The molecule has 4 nitrogen and oxygen atoms in total. The molecule has 4 heteroatoms. The van der Waals surface area contributed by atoms with Crippen LogP contribution in [0.1, 0.15) is 25.7 Å². The average Bonchev–Trinajstić information content (AvgIpc) is 2.29. The molecule has 1 fully saturated rings. The Morgan fingerprint density at radius 1 is 0.714 bits per heavy atom. The number of hydrogen-bond acceptors (Lipinski definition) is 4. The molecule has 0 atom stereocenters. The Morgan fingerprint density at radius 3 is 1.36 bits per heavy atom. The maximum Gasteiger partial charge on any atom is 0.0509 e. The van der Waals surface area contributed by atoms with E-state index in [0.717, 1.165) is 19.3 Å². The van der Waals surface area contributed by atoms with Crippen LogP contribution in [-0.2, 0) is 0 Å². The van der Waals surface area contributed by atoms with Gasteiger partial charge in [0.05, 0.1) is 26.4 Å². The van der Waals surface area contributed by atoms with E-state index >= 15 is 0 Å². The Balaban J connectivity index is 2.75. The zero-order valence-corrected chi connectivity index (χ0v) is 8.45. The van der Waals surface area contributed by atoms with E-state index in [1.165, 1.54) is 0 Å². The molecule has 1 aliphatic rings. The summed E-state index contributed by atoms with van der Waals surface area (Å²) in [5, 5.41) is 37.0. The second kappa shape index (κ2) is 4.57. The number of aliphatic hydroxyl groups excluding tert-OH is 4. The van der Waals surface area contributed by atoms with Crippen molar-refractivity contribution >= 4 is 0 Å². The minimum absolute atomic E-state index is 0.0781. The fourth-order valence-corrected chi connectivity index (χ4v) is 2.45. The standard InChI is InChI=1S/C10H20O4/c11-5-9(6-12)2-1-3-10(4-9,7-13)8-14/h11-14H,1-8H2. The second-order valence-electron chi connectivity index (χ2n) is 4.66. The van der Waals surface area contributed by atoms with Crippen LogP contribution in [0.5, 0.6) is 0 Å². The van der Waals surface area contributed by atoms with Crippen molar-refractivity contribution in [2.45, 2.75) is 25.7 Å². The predicted octanol–water partition coefficient (Wildman–Crippen LogP) is -0.498. The van der Waals surface area contributed by atoms with Gasteiger partial charge in [0.2, 0.25) is 0 Å². The molecule has 0 radical (unpaired) electrons. The normalized spacial score (nSPS) is 24.9. The minimum Gasteiger partial charge on any atom is -0.396 e. The molecule has 84 valence electrons. The molecule has 0 spiro atoms. The van der Waals surface area contributed by atoms with Crippen molar-refractivity contribution in [1.29, 1.82) is 0 Å². The van der Waals surface area contributed by atoms with Crippen molar-refractivity contribution in [3.63, 3.8) is 0 Å².